The monoisotopic (exact) mass is 458 g/mol. The smallest absolute Gasteiger partial charge is 0.101 e. The molecule has 1 heterocycles. The molecule has 0 aliphatic carbocycles. The standard InChI is InChI=1S/C27H27BrN2/c28-20-12-1-2-13-21-30-27(24-18-10-5-11-19-24)25(22-14-6-3-7-15-22)26(29-30)23-16-8-4-9-17-23/h3-11,14-19H,1-2,12-13,20-21H2. The molecule has 0 radical (unpaired) electrons. The fourth-order valence-corrected chi connectivity index (χ4v) is 4.30. The van der Waals surface area contributed by atoms with Crippen molar-refractivity contribution in [3.8, 4) is 33.6 Å². The number of hydrogen-bond acceptors (Lipinski definition) is 1. The third kappa shape index (κ3) is 4.73. The molecule has 0 saturated carbocycles. The summed E-state index contributed by atoms with van der Waals surface area (Å²) in [6, 6.07) is 31.9. The topological polar surface area (TPSA) is 17.8 Å². The quantitative estimate of drug-likeness (QED) is 0.184. The number of unbranched alkanes of at least 4 members (excludes halogenated alkanes) is 3. The molecular weight excluding hydrogens is 432 g/mol. The fourth-order valence-electron chi connectivity index (χ4n) is 3.90. The number of aryl methyl sites for hydroxylation is 1. The maximum atomic E-state index is 5.16. The summed E-state index contributed by atoms with van der Waals surface area (Å²) in [7, 11) is 0. The first-order valence-electron chi connectivity index (χ1n) is 10.7. The van der Waals surface area contributed by atoms with Crippen LogP contribution in [0.5, 0.6) is 0 Å². The van der Waals surface area contributed by atoms with Crippen molar-refractivity contribution < 1.29 is 0 Å². The molecule has 4 rings (SSSR count). The number of aromatic nitrogens is 2. The minimum Gasteiger partial charge on any atom is -0.264 e. The van der Waals surface area contributed by atoms with Crippen LogP contribution in [0.15, 0.2) is 91.0 Å². The van der Waals surface area contributed by atoms with Gasteiger partial charge in [0.25, 0.3) is 0 Å². The number of halogens is 1. The van der Waals surface area contributed by atoms with Gasteiger partial charge in [0, 0.05) is 28.6 Å². The van der Waals surface area contributed by atoms with Gasteiger partial charge in [-0.1, -0.05) is 120 Å². The van der Waals surface area contributed by atoms with E-state index < -0.39 is 0 Å². The summed E-state index contributed by atoms with van der Waals surface area (Å²) in [6.07, 6.45) is 4.84. The van der Waals surface area contributed by atoms with Crippen LogP contribution in [0.1, 0.15) is 25.7 Å². The molecule has 0 N–H and O–H groups in total. The molecule has 1 aromatic heterocycles. The van der Waals surface area contributed by atoms with Crippen LogP contribution >= 0.6 is 15.9 Å². The summed E-state index contributed by atoms with van der Waals surface area (Å²) in [5.74, 6) is 0. The van der Waals surface area contributed by atoms with Crippen LogP contribution in [0.3, 0.4) is 0 Å². The van der Waals surface area contributed by atoms with Crippen molar-refractivity contribution in [1.82, 2.24) is 9.78 Å². The van der Waals surface area contributed by atoms with Crippen molar-refractivity contribution in [2.24, 2.45) is 0 Å². The summed E-state index contributed by atoms with van der Waals surface area (Å²) in [6.45, 7) is 0.930. The van der Waals surface area contributed by atoms with Gasteiger partial charge in [-0.2, -0.15) is 5.10 Å². The summed E-state index contributed by atoms with van der Waals surface area (Å²) in [4.78, 5) is 0. The molecule has 0 spiro atoms. The first-order chi connectivity index (χ1) is 14.9. The minimum absolute atomic E-state index is 0.930. The van der Waals surface area contributed by atoms with Crippen molar-refractivity contribution in [1.29, 1.82) is 0 Å². The highest BCUT2D eigenvalue weighted by Gasteiger charge is 2.21. The number of alkyl halides is 1. The lowest BCUT2D eigenvalue weighted by Crippen LogP contribution is -2.03. The average molecular weight is 459 g/mol. The highest BCUT2D eigenvalue weighted by molar-refractivity contribution is 9.09. The molecule has 0 amide bonds. The highest BCUT2D eigenvalue weighted by atomic mass is 79.9. The number of nitrogens with zero attached hydrogens (tertiary/aromatic N) is 2. The van der Waals surface area contributed by atoms with Crippen LogP contribution < -0.4 is 0 Å². The second-order valence-electron chi connectivity index (χ2n) is 7.50. The molecule has 0 aliphatic heterocycles. The van der Waals surface area contributed by atoms with Gasteiger partial charge in [0.1, 0.15) is 5.69 Å². The van der Waals surface area contributed by atoms with Crippen molar-refractivity contribution in [2.75, 3.05) is 5.33 Å². The summed E-state index contributed by atoms with van der Waals surface area (Å²) in [5, 5.41) is 6.24. The van der Waals surface area contributed by atoms with Crippen LogP contribution in [-0.2, 0) is 6.54 Å². The maximum Gasteiger partial charge on any atom is 0.101 e. The Balaban J connectivity index is 1.84. The molecule has 0 bridgehead atoms. The average Bonchev–Trinajstić information content (AvgIpc) is 3.20. The van der Waals surface area contributed by atoms with E-state index in [1.165, 1.54) is 41.6 Å². The van der Waals surface area contributed by atoms with Gasteiger partial charge in [-0.3, -0.25) is 4.68 Å². The zero-order chi connectivity index (χ0) is 20.6. The molecule has 0 saturated heterocycles. The van der Waals surface area contributed by atoms with Crippen LogP contribution in [0.25, 0.3) is 33.6 Å². The Hall–Kier alpha value is -2.65. The lowest BCUT2D eigenvalue weighted by molar-refractivity contribution is 0.548. The third-order valence-corrected chi connectivity index (χ3v) is 5.92. The van der Waals surface area contributed by atoms with Gasteiger partial charge in [0.15, 0.2) is 0 Å². The van der Waals surface area contributed by atoms with Gasteiger partial charge in [-0.25, -0.2) is 0 Å². The van der Waals surface area contributed by atoms with Crippen molar-refractivity contribution >= 4 is 15.9 Å². The van der Waals surface area contributed by atoms with Gasteiger partial charge < -0.3 is 0 Å². The molecule has 3 aromatic carbocycles. The molecule has 4 aromatic rings. The van der Waals surface area contributed by atoms with E-state index >= 15 is 0 Å². The highest BCUT2D eigenvalue weighted by Crippen LogP contribution is 2.40. The normalized spacial score (nSPS) is 11.0. The molecular formula is C27H27BrN2. The van der Waals surface area contributed by atoms with Crippen molar-refractivity contribution in [3.63, 3.8) is 0 Å². The van der Waals surface area contributed by atoms with E-state index in [9.17, 15) is 0 Å². The van der Waals surface area contributed by atoms with E-state index in [4.69, 9.17) is 5.10 Å². The van der Waals surface area contributed by atoms with E-state index in [0.29, 0.717) is 0 Å². The van der Waals surface area contributed by atoms with Crippen LogP contribution in [0.4, 0.5) is 0 Å². The zero-order valence-corrected chi connectivity index (χ0v) is 18.8. The number of rotatable bonds is 9. The molecule has 0 atom stereocenters. The Morgan fingerprint density at radius 2 is 1.13 bits per heavy atom. The molecule has 30 heavy (non-hydrogen) atoms. The van der Waals surface area contributed by atoms with Gasteiger partial charge in [0.05, 0.1) is 5.69 Å². The molecule has 3 heteroatoms. The maximum absolute atomic E-state index is 5.16. The Labute approximate surface area is 187 Å². The summed E-state index contributed by atoms with van der Waals surface area (Å²) >= 11 is 3.54. The van der Waals surface area contributed by atoms with E-state index in [0.717, 1.165) is 29.6 Å². The molecule has 0 fully saturated rings. The second kappa shape index (κ2) is 10.4. The van der Waals surface area contributed by atoms with Crippen molar-refractivity contribution in [2.45, 2.75) is 32.2 Å². The second-order valence-corrected chi connectivity index (χ2v) is 8.29. The minimum atomic E-state index is 0.930. The summed E-state index contributed by atoms with van der Waals surface area (Å²) in [5.41, 5.74) is 7.06. The largest absolute Gasteiger partial charge is 0.264 e. The summed E-state index contributed by atoms with van der Waals surface area (Å²) < 4.78 is 2.23. The Morgan fingerprint density at radius 1 is 0.600 bits per heavy atom. The molecule has 2 nitrogen and oxygen atoms in total. The molecule has 0 aliphatic rings. The van der Waals surface area contributed by atoms with Gasteiger partial charge in [-0.15, -0.1) is 0 Å². The van der Waals surface area contributed by atoms with Crippen LogP contribution in [0.2, 0.25) is 0 Å². The van der Waals surface area contributed by atoms with E-state index in [1.54, 1.807) is 0 Å². The first-order valence-corrected chi connectivity index (χ1v) is 11.8. The van der Waals surface area contributed by atoms with Crippen LogP contribution in [-0.4, -0.2) is 15.1 Å². The zero-order valence-electron chi connectivity index (χ0n) is 17.2. The van der Waals surface area contributed by atoms with Gasteiger partial charge >= 0.3 is 0 Å². The Bertz CT molecular complexity index is 1040. The van der Waals surface area contributed by atoms with Gasteiger partial charge in [-0.05, 0) is 18.4 Å². The van der Waals surface area contributed by atoms with Crippen LogP contribution in [0, 0.1) is 0 Å². The number of benzene rings is 3. The van der Waals surface area contributed by atoms with E-state index in [2.05, 4.69) is 112 Å². The lowest BCUT2D eigenvalue weighted by atomic mass is 9.96. The molecule has 152 valence electrons. The van der Waals surface area contributed by atoms with E-state index in [-0.39, 0.29) is 0 Å². The number of hydrogen-bond donors (Lipinski definition) is 0. The first kappa shape index (κ1) is 20.6. The Kier molecular flexibility index (Phi) is 7.15. The predicted molar refractivity (Wildman–Crippen MR) is 131 cm³/mol. The lowest BCUT2D eigenvalue weighted by Gasteiger charge is -2.11. The van der Waals surface area contributed by atoms with Gasteiger partial charge in [0.2, 0.25) is 0 Å². The SMILES string of the molecule is BrCCCCCCn1nc(-c2ccccc2)c(-c2ccccc2)c1-c1ccccc1. The third-order valence-electron chi connectivity index (χ3n) is 5.36. The van der Waals surface area contributed by atoms with Crippen molar-refractivity contribution in [3.05, 3.63) is 91.0 Å². The Morgan fingerprint density at radius 3 is 1.73 bits per heavy atom. The fraction of sp³-hybridized carbons (Fsp3) is 0.222. The molecule has 0 unspecified atom stereocenters. The predicted octanol–water partition coefficient (Wildman–Crippen LogP) is 7.84. The van der Waals surface area contributed by atoms with E-state index in [1.807, 2.05) is 0 Å².